The average Bonchev–Trinajstić information content (AvgIpc) is 3.41. The molecule has 0 spiro atoms. The minimum Gasteiger partial charge on any atom is -0.490 e. The Morgan fingerprint density at radius 2 is 1.93 bits per heavy atom. The number of amides is 2. The summed E-state index contributed by atoms with van der Waals surface area (Å²) in [6.07, 6.45) is 4.00. The summed E-state index contributed by atoms with van der Waals surface area (Å²) in [4.78, 5) is 28.0. The maximum atomic E-state index is 12.5. The third-order valence-corrected chi connectivity index (χ3v) is 4.92. The Balaban J connectivity index is 1.33. The lowest BCUT2D eigenvalue weighted by Gasteiger charge is -2.14. The first-order valence-corrected chi connectivity index (χ1v) is 9.68. The van der Waals surface area contributed by atoms with E-state index in [4.69, 9.17) is 9.47 Å². The van der Waals surface area contributed by atoms with Crippen molar-refractivity contribution in [1.82, 2.24) is 15.8 Å². The minimum atomic E-state index is -0.430. The Morgan fingerprint density at radius 3 is 2.79 bits per heavy atom. The van der Waals surface area contributed by atoms with Gasteiger partial charge >= 0.3 is 0 Å². The molecule has 1 saturated heterocycles. The van der Waals surface area contributed by atoms with Crippen molar-refractivity contribution in [3.63, 3.8) is 0 Å². The molecule has 1 aliphatic heterocycles. The summed E-state index contributed by atoms with van der Waals surface area (Å²) >= 11 is 0. The van der Waals surface area contributed by atoms with Gasteiger partial charge in [0.2, 0.25) is 5.91 Å². The fourth-order valence-electron chi connectivity index (χ4n) is 3.43. The topological polar surface area (TPSA) is 92.5 Å². The zero-order valence-electron chi connectivity index (χ0n) is 15.9. The summed E-state index contributed by atoms with van der Waals surface area (Å²) in [5.74, 6) is -0.271. The lowest BCUT2D eigenvalue weighted by molar-refractivity contribution is -0.121. The van der Waals surface area contributed by atoms with Crippen LogP contribution in [0, 0.1) is 0 Å². The molecule has 1 fully saturated rings. The highest BCUT2D eigenvalue weighted by molar-refractivity contribution is 5.98. The Bertz CT molecular complexity index is 1010. The number of H-pyrrole nitrogens is 1. The van der Waals surface area contributed by atoms with E-state index in [1.807, 2.05) is 24.3 Å². The standard InChI is InChI=1S/C22H23N3O4/c26-21(12-15-13-23-19-9-3-1-7-17(15)19)24-25-22(27)18-8-2-4-10-20(18)29-14-16-6-5-11-28-16/h1-4,7-10,13,16,23H,5-6,11-12,14H2,(H,24,26)(H,25,27). The van der Waals surface area contributed by atoms with Crippen LogP contribution in [0.3, 0.4) is 0 Å². The van der Waals surface area contributed by atoms with E-state index in [1.54, 1.807) is 30.5 Å². The molecule has 0 bridgehead atoms. The number of aromatic amines is 1. The first-order valence-electron chi connectivity index (χ1n) is 9.68. The zero-order chi connectivity index (χ0) is 20.1. The lowest BCUT2D eigenvalue weighted by atomic mass is 10.1. The molecule has 2 aromatic carbocycles. The van der Waals surface area contributed by atoms with Crippen LogP contribution in [0.25, 0.3) is 10.9 Å². The second-order valence-electron chi connectivity index (χ2n) is 6.98. The minimum absolute atomic E-state index is 0.0574. The Hall–Kier alpha value is -3.32. The molecule has 7 heteroatoms. The lowest BCUT2D eigenvalue weighted by Crippen LogP contribution is -2.42. The molecule has 1 aromatic heterocycles. The molecule has 3 N–H and O–H groups in total. The highest BCUT2D eigenvalue weighted by Gasteiger charge is 2.18. The molecule has 0 radical (unpaired) electrons. The van der Waals surface area contributed by atoms with Gasteiger partial charge in [-0.3, -0.25) is 20.4 Å². The summed E-state index contributed by atoms with van der Waals surface area (Å²) in [5, 5.41) is 0.988. The predicted octanol–water partition coefficient (Wildman–Crippen LogP) is 2.73. The molecule has 0 saturated carbocycles. The molecule has 1 atom stereocenters. The van der Waals surface area contributed by atoms with Gasteiger partial charge in [0.25, 0.3) is 5.91 Å². The number of hydrogen-bond acceptors (Lipinski definition) is 4. The molecule has 0 aliphatic carbocycles. The second kappa shape index (κ2) is 8.79. The van der Waals surface area contributed by atoms with Crippen molar-refractivity contribution in [2.75, 3.05) is 13.2 Å². The first kappa shape index (κ1) is 19.0. The van der Waals surface area contributed by atoms with Gasteiger partial charge in [0.1, 0.15) is 12.4 Å². The third-order valence-electron chi connectivity index (χ3n) is 4.92. The zero-order valence-corrected chi connectivity index (χ0v) is 15.9. The van der Waals surface area contributed by atoms with Crippen LogP contribution < -0.4 is 15.6 Å². The monoisotopic (exact) mass is 393 g/mol. The van der Waals surface area contributed by atoms with Gasteiger partial charge in [-0.05, 0) is 36.6 Å². The summed E-state index contributed by atoms with van der Waals surface area (Å²) in [6.45, 7) is 1.15. The Kier molecular flexibility index (Phi) is 5.76. The normalized spacial score (nSPS) is 15.9. The molecular formula is C22H23N3O4. The number of fused-ring (bicyclic) bond motifs is 1. The maximum Gasteiger partial charge on any atom is 0.273 e. The largest absolute Gasteiger partial charge is 0.490 e. The van der Waals surface area contributed by atoms with Crippen molar-refractivity contribution < 1.29 is 19.1 Å². The molecular weight excluding hydrogens is 370 g/mol. The van der Waals surface area contributed by atoms with E-state index in [1.165, 1.54) is 0 Å². The van der Waals surface area contributed by atoms with Crippen molar-refractivity contribution in [1.29, 1.82) is 0 Å². The Labute approximate surface area is 168 Å². The number of nitrogens with one attached hydrogen (secondary N) is 3. The molecule has 2 amide bonds. The van der Waals surface area contributed by atoms with Crippen LogP contribution in [0.5, 0.6) is 5.75 Å². The summed E-state index contributed by atoms with van der Waals surface area (Å²) in [6, 6.07) is 14.7. The van der Waals surface area contributed by atoms with Gasteiger partial charge in [0, 0.05) is 23.7 Å². The molecule has 4 rings (SSSR count). The van der Waals surface area contributed by atoms with E-state index < -0.39 is 5.91 Å². The van der Waals surface area contributed by atoms with Crippen LogP contribution in [0.15, 0.2) is 54.7 Å². The SMILES string of the molecule is O=C(Cc1c[nH]c2ccccc12)NNC(=O)c1ccccc1OCC1CCCO1. The van der Waals surface area contributed by atoms with Gasteiger partial charge in [0.15, 0.2) is 0 Å². The van der Waals surface area contributed by atoms with Gasteiger partial charge in [-0.2, -0.15) is 0 Å². The third kappa shape index (κ3) is 4.57. The average molecular weight is 393 g/mol. The molecule has 150 valence electrons. The number of hydrazine groups is 1. The van der Waals surface area contributed by atoms with E-state index >= 15 is 0 Å². The quantitative estimate of drug-likeness (QED) is 0.562. The number of para-hydroxylation sites is 2. The number of benzene rings is 2. The van der Waals surface area contributed by atoms with Crippen molar-refractivity contribution in [3.8, 4) is 5.75 Å². The number of carbonyl (C=O) groups is 2. The summed E-state index contributed by atoms with van der Waals surface area (Å²) < 4.78 is 11.3. The molecule has 2 heterocycles. The fraction of sp³-hybridized carbons (Fsp3) is 0.273. The number of rotatable bonds is 6. The van der Waals surface area contributed by atoms with Gasteiger partial charge in [-0.25, -0.2) is 0 Å². The van der Waals surface area contributed by atoms with Gasteiger partial charge in [-0.15, -0.1) is 0 Å². The fourth-order valence-corrected chi connectivity index (χ4v) is 3.43. The van der Waals surface area contributed by atoms with Crippen LogP contribution in [-0.2, 0) is 16.0 Å². The summed E-state index contributed by atoms with van der Waals surface area (Å²) in [7, 11) is 0. The molecule has 1 unspecified atom stereocenters. The van der Waals surface area contributed by atoms with Crippen LogP contribution in [-0.4, -0.2) is 36.1 Å². The van der Waals surface area contributed by atoms with E-state index in [-0.39, 0.29) is 18.4 Å². The van der Waals surface area contributed by atoms with Crippen LogP contribution >= 0.6 is 0 Å². The first-order chi connectivity index (χ1) is 14.2. The highest BCUT2D eigenvalue weighted by Crippen LogP contribution is 2.20. The van der Waals surface area contributed by atoms with Crippen molar-refractivity contribution >= 4 is 22.7 Å². The maximum absolute atomic E-state index is 12.5. The van der Waals surface area contributed by atoms with E-state index in [9.17, 15) is 9.59 Å². The van der Waals surface area contributed by atoms with E-state index in [2.05, 4.69) is 15.8 Å². The molecule has 3 aromatic rings. The van der Waals surface area contributed by atoms with Gasteiger partial charge < -0.3 is 14.5 Å². The highest BCUT2D eigenvalue weighted by atomic mass is 16.5. The second-order valence-corrected chi connectivity index (χ2v) is 6.98. The predicted molar refractivity (Wildman–Crippen MR) is 109 cm³/mol. The van der Waals surface area contributed by atoms with Crippen LogP contribution in [0.1, 0.15) is 28.8 Å². The molecule has 29 heavy (non-hydrogen) atoms. The van der Waals surface area contributed by atoms with Gasteiger partial charge in [0.05, 0.1) is 18.1 Å². The van der Waals surface area contributed by atoms with Crippen LogP contribution in [0.2, 0.25) is 0 Å². The Morgan fingerprint density at radius 1 is 1.10 bits per heavy atom. The number of ether oxygens (including phenoxy) is 2. The summed E-state index contributed by atoms with van der Waals surface area (Å²) in [5.41, 5.74) is 7.14. The van der Waals surface area contributed by atoms with Crippen LogP contribution in [0.4, 0.5) is 0 Å². The molecule has 1 aliphatic rings. The smallest absolute Gasteiger partial charge is 0.273 e. The van der Waals surface area contributed by atoms with Crippen molar-refractivity contribution in [2.24, 2.45) is 0 Å². The number of carbonyl (C=O) groups excluding carboxylic acids is 2. The van der Waals surface area contributed by atoms with Gasteiger partial charge in [-0.1, -0.05) is 30.3 Å². The van der Waals surface area contributed by atoms with E-state index in [0.717, 1.165) is 35.9 Å². The molecule has 7 nitrogen and oxygen atoms in total. The van der Waals surface area contributed by atoms with E-state index in [0.29, 0.717) is 17.9 Å². The number of hydrogen-bond donors (Lipinski definition) is 3. The number of aromatic nitrogens is 1. The van der Waals surface area contributed by atoms with Crippen molar-refractivity contribution in [2.45, 2.75) is 25.4 Å². The van der Waals surface area contributed by atoms with Crippen molar-refractivity contribution in [3.05, 3.63) is 65.9 Å².